The standard InChI is InChI=1S/C6F12O4/c7-2(8,9)1(19)3(10,11)20-5(15,16)22-6(17,18)21-4(12,13)14. The first-order chi connectivity index (χ1) is 9.28. The highest BCUT2D eigenvalue weighted by molar-refractivity contribution is 5.89. The predicted octanol–water partition coefficient (Wildman–Crippen LogP) is 3.38. The van der Waals surface area contributed by atoms with Gasteiger partial charge < -0.3 is 0 Å². The first-order valence-corrected chi connectivity index (χ1v) is 4.20. The zero-order valence-electron chi connectivity index (χ0n) is 9.17. The van der Waals surface area contributed by atoms with Crippen molar-refractivity contribution in [1.82, 2.24) is 0 Å². The summed E-state index contributed by atoms with van der Waals surface area (Å²) in [6, 6.07) is 0. The van der Waals surface area contributed by atoms with Crippen LogP contribution in [0, 0.1) is 0 Å². The van der Waals surface area contributed by atoms with Gasteiger partial charge in [0, 0.05) is 0 Å². The summed E-state index contributed by atoms with van der Waals surface area (Å²) >= 11 is 0. The van der Waals surface area contributed by atoms with Gasteiger partial charge in [-0.1, -0.05) is 0 Å². The SMILES string of the molecule is O=C(C(F)(F)F)C(F)(F)OC(F)(F)OC(F)(F)OC(F)(F)F. The molecule has 0 aliphatic carbocycles. The molecular weight excluding hydrogens is 364 g/mol. The molecule has 132 valence electrons. The lowest BCUT2D eigenvalue weighted by Crippen LogP contribution is -2.49. The summed E-state index contributed by atoms with van der Waals surface area (Å²) in [5.74, 6) is -4.25. The molecule has 0 aliphatic heterocycles. The Labute approximate surface area is 110 Å². The van der Waals surface area contributed by atoms with E-state index < -0.39 is 37.0 Å². The molecule has 0 heterocycles. The van der Waals surface area contributed by atoms with E-state index in [0.717, 1.165) is 0 Å². The average Bonchev–Trinajstić information content (AvgIpc) is 2.05. The van der Waals surface area contributed by atoms with Gasteiger partial charge in [-0.3, -0.25) is 4.79 Å². The van der Waals surface area contributed by atoms with Crippen LogP contribution in [0.3, 0.4) is 0 Å². The van der Waals surface area contributed by atoms with Gasteiger partial charge in [0.2, 0.25) is 0 Å². The molecule has 0 bridgehead atoms. The Morgan fingerprint density at radius 3 is 1.27 bits per heavy atom. The second-order valence-electron chi connectivity index (χ2n) is 3.02. The number of Topliss-reactive ketones (excluding diaryl/α,β-unsaturated/α-hetero) is 1. The normalized spacial score (nSPS) is 15.1. The predicted molar refractivity (Wildman–Crippen MR) is 35.2 cm³/mol. The van der Waals surface area contributed by atoms with Crippen LogP contribution in [0.5, 0.6) is 0 Å². The Balaban J connectivity index is 5.08. The van der Waals surface area contributed by atoms with Gasteiger partial charge in [0.1, 0.15) is 0 Å². The number of hydrogen-bond acceptors (Lipinski definition) is 4. The molecule has 0 aromatic rings. The molecular formula is C6F12O4. The van der Waals surface area contributed by atoms with Crippen molar-refractivity contribution in [2.75, 3.05) is 0 Å². The topological polar surface area (TPSA) is 44.8 Å². The highest BCUT2D eigenvalue weighted by Gasteiger charge is 2.63. The van der Waals surface area contributed by atoms with Gasteiger partial charge in [-0.2, -0.15) is 26.7 Å². The number of hydrogen-bond donors (Lipinski definition) is 0. The molecule has 0 aliphatic rings. The van der Waals surface area contributed by atoms with Crippen molar-refractivity contribution in [3.8, 4) is 0 Å². The Morgan fingerprint density at radius 2 is 0.955 bits per heavy atom. The number of ketones is 1. The van der Waals surface area contributed by atoms with Crippen LogP contribution >= 0.6 is 0 Å². The highest BCUT2D eigenvalue weighted by atomic mass is 19.4. The van der Waals surface area contributed by atoms with E-state index in [1.165, 1.54) is 0 Å². The maximum absolute atomic E-state index is 12.4. The van der Waals surface area contributed by atoms with Gasteiger partial charge in [0.25, 0.3) is 0 Å². The molecule has 16 heteroatoms. The lowest BCUT2D eigenvalue weighted by molar-refractivity contribution is -0.580. The number of carbonyl (C=O) groups excluding carboxylic acids is 1. The van der Waals surface area contributed by atoms with Crippen molar-refractivity contribution in [3.05, 3.63) is 0 Å². The van der Waals surface area contributed by atoms with Crippen LogP contribution < -0.4 is 0 Å². The third kappa shape index (κ3) is 7.12. The van der Waals surface area contributed by atoms with E-state index in [1.807, 2.05) is 0 Å². The number of rotatable bonds is 6. The Bertz CT molecular complexity index is 409. The van der Waals surface area contributed by atoms with Gasteiger partial charge in [0.05, 0.1) is 0 Å². The van der Waals surface area contributed by atoms with E-state index in [2.05, 4.69) is 0 Å². The summed E-state index contributed by atoms with van der Waals surface area (Å²) in [6.45, 7) is 0. The molecule has 0 aromatic carbocycles. The summed E-state index contributed by atoms with van der Waals surface area (Å²) in [7, 11) is 0. The molecule has 22 heavy (non-hydrogen) atoms. The lowest BCUT2D eigenvalue weighted by atomic mass is 10.3. The minimum absolute atomic E-state index is 1.64. The molecule has 0 atom stereocenters. The average molecular weight is 364 g/mol. The van der Waals surface area contributed by atoms with Crippen molar-refractivity contribution < 1.29 is 71.7 Å². The zero-order chi connectivity index (χ0) is 18.2. The molecule has 0 fully saturated rings. The maximum atomic E-state index is 12.4. The fourth-order valence-electron chi connectivity index (χ4n) is 0.675. The third-order valence-corrected chi connectivity index (χ3v) is 1.24. The van der Waals surface area contributed by atoms with Crippen LogP contribution in [0.25, 0.3) is 0 Å². The Morgan fingerprint density at radius 1 is 0.591 bits per heavy atom. The van der Waals surface area contributed by atoms with E-state index in [0.29, 0.717) is 0 Å². The largest absolute Gasteiger partial charge is 0.529 e. The number of alkyl halides is 12. The summed E-state index contributed by atoms with van der Waals surface area (Å²) < 4.78 is 148. The maximum Gasteiger partial charge on any atom is 0.529 e. The second-order valence-corrected chi connectivity index (χ2v) is 3.02. The van der Waals surface area contributed by atoms with Crippen LogP contribution in [-0.4, -0.2) is 37.0 Å². The van der Waals surface area contributed by atoms with Crippen LogP contribution in [0.15, 0.2) is 0 Å². The highest BCUT2D eigenvalue weighted by Crippen LogP contribution is 2.38. The van der Waals surface area contributed by atoms with Gasteiger partial charge >= 0.3 is 37.0 Å². The quantitative estimate of drug-likeness (QED) is 0.536. The Kier molecular flexibility index (Phi) is 5.39. The van der Waals surface area contributed by atoms with Crippen molar-refractivity contribution in [2.45, 2.75) is 31.2 Å². The molecule has 0 saturated heterocycles. The van der Waals surface area contributed by atoms with Gasteiger partial charge in [-0.15, -0.1) is 30.7 Å². The van der Waals surface area contributed by atoms with Crippen molar-refractivity contribution >= 4 is 5.78 Å². The summed E-state index contributed by atoms with van der Waals surface area (Å²) in [5, 5.41) is 0. The summed E-state index contributed by atoms with van der Waals surface area (Å²) in [4.78, 5) is 9.97. The second kappa shape index (κ2) is 5.73. The van der Waals surface area contributed by atoms with Crippen LogP contribution in [0.4, 0.5) is 52.7 Å². The van der Waals surface area contributed by atoms with Gasteiger partial charge in [-0.05, 0) is 0 Å². The minimum atomic E-state index is -6.46. The van der Waals surface area contributed by atoms with Crippen LogP contribution in [0.2, 0.25) is 0 Å². The lowest BCUT2D eigenvalue weighted by Gasteiger charge is -2.25. The number of ether oxygens (including phenoxy) is 3. The Hall–Kier alpha value is -1.29. The van der Waals surface area contributed by atoms with Crippen molar-refractivity contribution in [2.24, 2.45) is 0 Å². The van der Waals surface area contributed by atoms with Crippen molar-refractivity contribution in [1.29, 1.82) is 0 Å². The molecule has 0 spiro atoms. The zero-order valence-corrected chi connectivity index (χ0v) is 9.17. The summed E-state index contributed by atoms with van der Waals surface area (Å²) in [6.07, 6.45) is -31.9. The smallest absolute Gasteiger partial charge is 0.280 e. The van der Waals surface area contributed by atoms with Gasteiger partial charge in [0.15, 0.2) is 0 Å². The van der Waals surface area contributed by atoms with E-state index in [1.54, 1.807) is 14.2 Å². The number of halogens is 12. The molecule has 0 N–H and O–H groups in total. The van der Waals surface area contributed by atoms with Crippen LogP contribution in [0.1, 0.15) is 0 Å². The monoisotopic (exact) mass is 364 g/mol. The van der Waals surface area contributed by atoms with E-state index in [4.69, 9.17) is 0 Å². The van der Waals surface area contributed by atoms with E-state index in [9.17, 15) is 57.5 Å². The molecule has 0 radical (unpaired) electrons. The van der Waals surface area contributed by atoms with E-state index in [-0.39, 0.29) is 0 Å². The first-order valence-electron chi connectivity index (χ1n) is 4.20. The molecule has 0 amide bonds. The minimum Gasteiger partial charge on any atom is -0.280 e. The third-order valence-electron chi connectivity index (χ3n) is 1.24. The van der Waals surface area contributed by atoms with Gasteiger partial charge in [-0.25, -0.2) is 9.47 Å². The number of carbonyl (C=O) groups is 1. The fourth-order valence-corrected chi connectivity index (χ4v) is 0.675. The molecule has 0 aromatic heterocycles. The molecule has 0 unspecified atom stereocenters. The molecule has 0 rings (SSSR count). The van der Waals surface area contributed by atoms with Crippen molar-refractivity contribution in [3.63, 3.8) is 0 Å². The van der Waals surface area contributed by atoms with Crippen LogP contribution in [-0.2, 0) is 19.0 Å². The fraction of sp³-hybridized carbons (Fsp3) is 0.833. The van der Waals surface area contributed by atoms with E-state index >= 15 is 0 Å². The summed E-state index contributed by atoms with van der Waals surface area (Å²) in [5.41, 5.74) is 0. The molecule has 0 saturated carbocycles. The molecule has 4 nitrogen and oxygen atoms in total. The first kappa shape index (κ1) is 20.7.